The Labute approximate surface area is 134 Å². The van der Waals surface area contributed by atoms with E-state index in [9.17, 15) is 4.79 Å². The summed E-state index contributed by atoms with van der Waals surface area (Å²) in [4.78, 5) is 20.7. The summed E-state index contributed by atoms with van der Waals surface area (Å²) in [6.45, 7) is 1.99. The summed E-state index contributed by atoms with van der Waals surface area (Å²) in [7, 11) is 0. The second-order valence-corrected chi connectivity index (χ2v) is 5.76. The third kappa shape index (κ3) is 3.64. The van der Waals surface area contributed by atoms with Crippen molar-refractivity contribution in [2.45, 2.75) is 19.3 Å². The Balaban J connectivity index is 2.18. The molecule has 0 fully saturated rings. The van der Waals surface area contributed by atoms with Crippen molar-refractivity contribution in [1.82, 2.24) is 9.97 Å². The molecule has 1 amide bonds. The fraction of sp³-hybridized carbons (Fsp3) is 0.214. The van der Waals surface area contributed by atoms with E-state index in [1.165, 1.54) is 0 Å². The Morgan fingerprint density at radius 1 is 1.30 bits per heavy atom. The standard InChI is InChI=1S/C14H13Br2N3O/c1-2-10(9-6-4-3-5-7-9)14(20)19-13-12(16)18-11(15)8-17-13/h3-8,10H,2H2,1H3,(H,17,19,20). The third-order valence-electron chi connectivity index (χ3n) is 2.87. The molecule has 1 aromatic heterocycles. The molecule has 2 rings (SSSR count). The van der Waals surface area contributed by atoms with Gasteiger partial charge < -0.3 is 5.32 Å². The lowest BCUT2D eigenvalue weighted by Gasteiger charge is -2.15. The second kappa shape index (κ2) is 6.95. The molecule has 1 N–H and O–H groups in total. The van der Waals surface area contributed by atoms with E-state index in [0.29, 0.717) is 15.0 Å². The molecule has 20 heavy (non-hydrogen) atoms. The molecule has 0 bridgehead atoms. The maximum absolute atomic E-state index is 12.4. The lowest BCUT2D eigenvalue weighted by atomic mass is 9.96. The van der Waals surface area contributed by atoms with Crippen LogP contribution < -0.4 is 5.32 Å². The van der Waals surface area contributed by atoms with E-state index in [1.54, 1.807) is 6.20 Å². The second-order valence-electron chi connectivity index (χ2n) is 4.19. The number of nitrogens with one attached hydrogen (secondary N) is 1. The van der Waals surface area contributed by atoms with E-state index in [1.807, 2.05) is 37.3 Å². The molecule has 0 aliphatic rings. The lowest BCUT2D eigenvalue weighted by molar-refractivity contribution is -0.117. The van der Waals surface area contributed by atoms with Gasteiger partial charge in [-0.05, 0) is 43.8 Å². The Bertz CT molecular complexity index is 605. The van der Waals surface area contributed by atoms with Crippen molar-refractivity contribution >= 4 is 43.6 Å². The van der Waals surface area contributed by atoms with Gasteiger partial charge in [0.1, 0.15) is 9.21 Å². The van der Waals surface area contributed by atoms with Crippen LogP contribution in [0.15, 0.2) is 45.7 Å². The van der Waals surface area contributed by atoms with E-state index in [0.717, 1.165) is 12.0 Å². The van der Waals surface area contributed by atoms with Crippen LogP contribution in [0.4, 0.5) is 5.82 Å². The topological polar surface area (TPSA) is 54.9 Å². The maximum Gasteiger partial charge on any atom is 0.233 e. The van der Waals surface area contributed by atoms with Crippen LogP contribution in [0, 0.1) is 0 Å². The molecule has 0 spiro atoms. The smallest absolute Gasteiger partial charge is 0.233 e. The molecule has 1 unspecified atom stereocenters. The third-order valence-corrected chi connectivity index (χ3v) is 3.80. The number of benzene rings is 1. The zero-order valence-corrected chi connectivity index (χ0v) is 14.0. The van der Waals surface area contributed by atoms with Crippen molar-refractivity contribution < 1.29 is 4.79 Å². The summed E-state index contributed by atoms with van der Waals surface area (Å²) >= 11 is 6.51. The predicted octanol–water partition coefficient (Wildman–Crippen LogP) is 4.13. The molecule has 6 heteroatoms. The van der Waals surface area contributed by atoms with Gasteiger partial charge in [0.25, 0.3) is 0 Å². The Morgan fingerprint density at radius 2 is 2.00 bits per heavy atom. The van der Waals surface area contributed by atoms with Crippen LogP contribution >= 0.6 is 31.9 Å². The lowest BCUT2D eigenvalue weighted by Crippen LogP contribution is -2.21. The number of carbonyl (C=O) groups excluding carboxylic acids is 1. The first-order valence-corrected chi connectivity index (χ1v) is 7.74. The number of aromatic nitrogens is 2. The molecule has 0 saturated carbocycles. The number of hydrogen-bond donors (Lipinski definition) is 1. The maximum atomic E-state index is 12.4. The number of hydrogen-bond acceptors (Lipinski definition) is 3. The van der Waals surface area contributed by atoms with Gasteiger partial charge in [-0.1, -0.05) is 37.3 Å². The van der Waals surface area contributed by atoms with Gasteiger partial charge in [0.15, 0.2) is 5.82 Å². The van der Waals surface area contributed by atoms with E-state index < -0.39 is 0 Å². The van der Waals surface area contributed by atoms with E-state index in [2.05, 4.69) is 47.1 Å². The van der Waals surface area contributed by atoms with Crippen LogP contribution in [0.3, 0.4) is 0 Å². The largest absolute Gasteiger partial charge is 0.308 e. The number of rotatable bonds is 4. The Hall–Kier alpha value is -1.27. The van der Waals surface area contributed by atoms with Crippen molar-refractivity contribution in [2.24, 2.45) is 0 Å². The van der Waals surface area contributed by atoms with Crippen molar-refractivity contribution in [3.8, 4) is 0 Å². The molecule has 1 heterocycles. The van der Waals surface area contributed by atoms with Crippen molar-refractivity contribution in [1.29, 1.82) is 0 Å². The summed E-state index contributed by atoms with van der Waals surface area (Å²) in [5.41, 5.74) is 0.994. The quantitative estimate of drug-likeness (QED) is 0.842. The first kappa shape index (κ1) is 15.1. The Kier molecular flexibility index (Phi) is 5.25. The molecule has 2 aromatic rings. The van der Waals surface area contributed by atoms with E-state index in [4.69, 9.17) is 0 Å². The summed E-state index contributed by atoms with van der Waals surface area (Å²) in [6, 6.07) is 9.71. The van der Waals surface area contributed by atoms with Crippen LogP contribution in [0.1, 0.15) is 24.8 Å². The summed E-state index contributed by atoms with van der Waals surface area (Å²) in [6.07, 6.45) is 2.27. The van der Waals surface area contributed by atoms with Gasteiger partial charge in [0, 0.05) is 0 Å². The van der Waals surface area contributed by atoms with Gasteiger partial charge in [0.2, 0.25) is 5.91 Å². The van der Waals surface area contributed by atoms with Crippen LogP contribution in [-0.2, 0) is 4.79 Å². The fourth-order valence-corrected chi connectivity index (χ4v) is 2.80. The Morgan fingerprint density at radius 3 is 2.60 bits per heavy atom. The zero-order chi connectivity index (χ0) is 14.5. The fourth-order valence-electron chi connectivity index (χ4n) is 1.89. The SMILES string of the molecule is CCC(C(=O)Nc1ncc(Br)nc1Br)c1ccccc1. The molecule has 0 saturated heterocycles. The molecule has 0 radical (unpaired) electrons. The summed E-state index contributed by atoms with van der Waals surface area (Å²) < 4.78 is 1.11. The highest BCUT2D eigenvalue weighted by atomic mass is 79.9. The highest BCUT2D eigenvalue weighted by Gasteiger charge is 2.20. The predicted molar refractivity (Wildman–Crippen MR) is 85.5 cm³/mol. The van der Waals surface area contributed by atoms with E-state index in [-0.39, 0.29) is 11.8 Å². The van der Waals surface area contributed by atoms with Crippen LogP contribution in [0.25, 0.3) is 0 Å². The van der Waals surface area contributed by atoms with Crippen LogP contribution in [-0.4, -0.2) is 15.9 Å². The van der Waals surface area contributed by atoms with Gasteiger partial charge in [-0.2, -0.15) is 0 Å². The van der Waals surface area contributed by atoms with Gasteiger partial charge in [-0.15, -0.1) is 0 Å². The minimum atomic E-state index is -0.200. The normalized spacial score (nSPS) is 11.9. The molecule has 0 aliphatic carbocycles. The molecular weight excluding hydrogens is 386 g/mol. The van der Waals surface area contributed by atoms with Gasteiger partial charge in [-0.3, -0.25) is 4.79 Å². The average Bonchev–Trinajstić information content (AvgIpc) is 2.44. The number of carbonyl (C=O) groups is 1. The first-order chi connectivity index (χ1) is 9.61. The first-order valence-electron chi connectivity index (χ1n) is 6.15. The zero-order valence-electron chi connectivity index (χ0n) is 10.8. The number of amides is 1. The number of nitrogens with zero attached hydrogens (tertiary/aromatic N) is 2. The van der Waals surface area contributed by atoms with Crippen LogP contribution in [0.2, 0.25) is 0 Å². The molecule has 104 valence electrons. The molecular formula is C14H13Br2N3O. The highest BCUT2D eigenvalue weighted by Crippen LogP contribution is 2.24. The van der Waals surface area contributed by atoms with Gasteiger partial charge in [-0.25, -0.2) is 9.97 Å². The number of halogens is 2. The average molecular weight is 399 g/mol. The molecule has 1 aromatic carbocycles. The summed E-state index contributed by atoms with van der Waals surface area (Å²) in [5.74, 6) is 0.136. The van der Waals surface area contributed by atoms with Crippen molar-refractivity contribution in [3.05, 3.63) is 51.3 Å². The minimum Gasteiger partial charge on any atom is -0.308 e. The monoisotopic (exact) mass is 397 g/mol. The van der Waals surface area contributed by atoms with Crippen LogP contribution in [0.5, 0.6) is 0 Å². The minimum absolute atomic E-state index is 0.0870. The van der Waals surface area contributed by atoms with Crippen molar-refractivity contribution in [2.75, 3.05) is 5.32 Å². The van der Waals surface area contributed by atoms with E-state index >= 15 is 0 Å². The molecule has 0 aliphatic heterocycles. The number of anilines is 1. The van der Waals surface area contributed by atoms with Gasteiger partial charge in [0.05, 0.1) is 12.1 Å². The highest BCUT2D eigenvalue weighted by molar-refractivity contribution is 9.11. The summed E-state index contributed by atoms with van der Waals surface area (Å²) in [5, 5.41) is 2.81. The van der Waals surface area contributed by atoms with Crippen molar-refractivity contribution in [3.63, 3.8) is 0 Å². The van der Waals surface area contributed by atoms with Gasteiger partial charge >= 0.3 is 0 Å². The molecule has 4 nitrogen and oxygen atoms in total. The molecule has 1 atom stereocenters.